The Balaban J connectivity index is 1.96. The summed E-state index contributed by atoms with van der Waals surface area (Å²) in [4.78, 5) is 0. The Morgan fingerprint density at radius 3 is 2.55 bits per heavy atom. The van der Waals surface area contributed by atoms with Gasteiger partial charge in [0, 0.05) is 4.43 Å². The Bertz CT molecular complexity index is 140. The van der Waals surface area contributed by atoms with Gasteiger partial charge in [0.25, 0.3) is 0 Å². The molecule has 0 N–H and O–H groups in total. The molecule has 1 unspecified atom stereocenters. The Hall–Kier alpha value is 0.690. The fourth-order valence-electron chi connectivity index (χ4n) is 2.39. The van der Waals surface area contributed by atoms with Crippen LogP contribution in [0, 0.1) is 0 Å². The molecule has 0 bridgehead atoms. The van der Waals surface area contributed by atoms with E-state index in [9.17, 15) is 0 Å². The van der Waals surface area contributed by atoms with Crippen molar-refractivity contribution in [3.05, 3.63) is 0 Å². The van der Waals surface area contributed by atoms with Crippen LogP contribution in [0.2, 0.25) is 0 Å². The lowest BCUT2D eigenvalue weighted by Gasteiger charge is -2.23. The quantitative estimate of drug-likeness (QED) is 0.523. The van der Waals surface area contributed by atoms with Crippen LogP contribution in [0.3, 0.4) is 0 Å². The van der Waals surface area contributed by atoms with E-state index >= 15 is 0 Å². The second kappa shape index (κ2) is 3.21. The molecule has 2 aliphatic rings. The third-order valence-corrected chi connectivity index (χ3v) is 4.01. The Morgan fingerprint density at radius 1 is 1.27 bits per heavy atom. The van der Waals surface area contributed by atoms with E-state index in [2.05, 4.69) is 22.6 Å². The Kier molecular flexibility index (Phi) is 2.42. The summed E-state index contributed by atoms with van der Waals surface area (Å²) in [6, 6.07) is 0. The molecule has 0 aromatic carbocycles. The lowest BCUT2D eigenvalue weighted by molar-refractivity contribution is -0.0257. The van der Waals surface area contributed by atoms with Crippen molar-refractivity contribution in [2.24, 2.45) is 0 Å². The molecule has 1 saturated carbocycles. The predicted molar refractivity (Wildman–Crippen MR) is 54.2 cm³/mol. The van der Waals surface area contributed by atoms with Crippen LogP contribution in [0.25, 0.3) is 0 Å². The van der Waals surface area contributed by atoms with E-state index < -0.39 is 0 Å². The molecule has 11 heavy (non-hydrogen) atoms. The number of halogens is 1. The van der Waals surface area contributed by atoms with E-state index in [1.807, 2.05) is 0 Å². The molecule has 1 aliphatic heterocycles. The maximum atomic E-state index is 6.05. The summed E-state index contributed by atoms with van der Waals surface area (Å²) >= 11 is 2.43. The smallest absolute Gasteiger partial charge is 0.0687 e. The first kappa shape index (κ1) is 8.30. The second-order valence-corrected chi connectivity index (χ2v) is 4.70. The minimum absolute atomic E-state index is 0.357. The zero-order chi connectivity index (χ0) is 7.73. The largest absolute Gasteiger partial charge is 0.371 e. The second-order valence-electron chi connectivity index (χ2n) is 3.82. The summed E-state index contributed by atoms with van der Waals surface area (Å²) in [6.45, 7) is 0. The van der Waals surface area contributed by atoms with Crippen LogP contribution in [-0.2, 0) is 4.74 Å². The van der Waals surface area contributed by atoms with Crippen LogP contribution in [0.1, 0.15) is 38.5 Å². The highest BCUT2D eigenvalue weighted by Gasteiger charge is 2.41. The number of ether oxygens (including phenoxy) is 1. The summed E-state index contributed by atoms with van der Waals surface area (Å²) < 4.78 is 7.23. The first-order valence-corrected chi connectivity index (χ1v) is 6.11. The predicted octanol–water partition coefficient (Wildman–Crippen LogP) is 2.91. The summed E-state index contributed by atoms with van der Waals surface area (Å²) in [6.07, 6.45) is 8.68. The van der Waals surface area contributed by atoms with Gasteiger partial charge in [-0.2, -0.15) is 0 Å². The van der Waals surface area contributed by atoms with Gasteiger partial charge in [0.05, 0.1) is 11.7 Å². The Morgan fingerprint density at radius 2 is 2.00 bits per heavy atom. The first-order valence-electron chi connectivity index (χ1n) is 4.58. The third-order valence-electron chi connectivity index (χ3n) is 3.03. The van der Waals surface area contributed by atoms with Gasteiger partial charge in [0.1, 0.15) is 0 Å². The SMILES string of the molecule is ICC1CCC2(CCCC2)O1. The fraction of sp³-hybridized carbons (Fsp3) is 1.00. The molecule has 1 heterocycles. The highest BCUT2D eigenvalue weighted by atomic mass is 127. The summed E-state index contributed by atoms with van der Waals surface area (Å²) in [7, 11) is 0. The van der Waals surface area contributed by atoms with Gasteiger partial charge in [-0.25, -0.2) is 0 Å². The van der Waals surface area contributed by atoms with Gasteiger partial charge >= 0.3 is 0 Å². The topological polar surface area (TPSA) is 9.23 Å². The van der Waals surface area contributed by atoms with E-state index in [0.717, 1.165) is 0 Å². The lowest BCUT2D eigenvalue weighted by atomic mass is 9.98. The van der Waals surface area contributed by atoms with Crippen molar-refractivity contribution in [1.29, 1.82) is 0 Å². The van der Waals surface area contributed by atoms with Gasteiger partial charge in [0.15, 0.2) is 0 Å². The van der Waals surface area contributed by atoms with Crippen molar-refractivity contribution in [1.82, 2.24) is 0 Å². The fourth-order valence-corrected chi connectivity index (χ4v) is 3.01. The van der Waals surface area contributed by atoms with E-state index in [1.165, 1.54) is 43.0 Å². The van der Waals surface area contributed by atoms with Gasteiger partial charge in [-0.3, -0.25) is 0 Å². The molecule has 1 nitrogen and oxygen atoms in total. The molecule has 1 spiro atoms. The Labute approximate surface area is 82.0 Å². The maximum Gasteiger partial charge on any atom is 0.0687 e. The molecule has 0 amide bonds. The van der Waals surface area contributed by atoms with Crippen molar-refractivity contribution in [3.63, 3.8) is 0 Å². The van der Waals surface area contributed by atoms with Crippen molar-refractivity contribution < 1.29 is 4.74 Å². The van der Waals surface area contributed by atoms with Crippen LogP contribution in [0.5, 0.6) is 0 Å². The van der Waals surface area contributed by atoms with Crippen LogP contribution < -0.4 is 0 Å². The van der Waals surface area contributed by atoms with Gasteiger partial charge in [-0.1, -0.05) is 35.4 Å². The number of alkyl halides is 1. The zero-order valence-electron chi connectivity index (χ0n) is 6.81. The average Bonchev–Trinajstić information content (AvgIpc) is 2.62. The molecule has 2 fully saturated rings. The van der Waals surface area contributed by atoms with Crippen molar-refractivity contribution in [2.45, 2.75) is 50.2 Å². The van der Waals surface area contributed by atoms with Gasteiger partial charge in [0.2, 0.25) is 0 Å². The van der Waals surface area contributed by atoms with Crippen LogP contribution in [0.4, 0.5) is 0 Å². The third kappa shape index (κ3) is 1.57. The van der Waals surface area contributed by atoms with E-state index in [-0.39, 0.29) is 0 Å². The van der Waals surface area contributed by atoms with Crippen LogP contribution >= 0.6 is 22.6 Å². The molecule has 1 atom stereocenters. The summed E-state index contributed by atoms with van der Waals surface area (Å²) in [5, 5.41) is 0. The molecule has 64 valence electrons. The number of rotatable bonds is 1. The molecular weight excluding hydrogens is 251 g/mol. The standard InChI is InChI=1S/C9H15IO/c10-7-8-3-6-9(11-8)4-1-2-5-9/h8H,1-7H2. The van der Waals surface area contributed by atoms with E-state index in [0.29, 0.717) is 11.7 Å². The molecule has 1 saturated heterocycles. The molecule has 0 aromatic rings. The minimum atomic E-state index is 0.357. The number of hydrogen-bond donors (Lipinski definition) is 0. The molecule has 0 aromatic heterocycles. The summed E-state index contributed by atoms with van der Waals surface area (Å²) in [5.41, 5.74) is 0.357. The minimum Gasteiger partial charge on any atom is -0.371 e. The highest BCUT2D eigenvalue weighted by Crippen LogP contribution is 2.43. The van der Waals surface area contributed by atoms with E-state index in [4.69, 9.17) is 4.74 Å². The first-order chi connectivity index (χ1) is 5.35. The lowest BCUT2D eigenvalue weighted by Crippen LogP contribution is -2.25. The van der Waals surface area contributed by atoms with Crippen LogP contribution in [0.15, 0.2) is 0 Å². The number of hydrogen-bond acceptors (Lipinski definition) is 1. The summed E-state index contributed by atoms with van der Waals surface area (Å²) in [5.74, 6) is 0. The normalized spacial score (nSPS) is 35.2. The molecule has 0 radical (unpaired) electrons. The molecular formula is C9H15IO. The highest BCUT2D eigenvalue weighted by molar-refractivity contribution is 14.1. The van der Waals surface area contributed by atoms with Gasteiger partial charge in [-0.05, 0) is 25.7 Å². The van der Waals surface area contributed by atoms with Crippen molar-refractivity contribution in [3.8, 4) is 0 Å². The van der Waals surface area contributed by atoms with Crippen molar-refractivity contribution >= 4 is 22.6 Å². The zero-order valence-corrected chi connectivity index (χ0v) is 8.97. The van der Waals surface area contributed by atoms with Gasteiger partial charge < -0.3 is 4.74 Å². The molecule has 2 rings (SSSR count). The molecule has 1 aliphatic carbocycles. The molecule has 2 heteroatoms. The van der Waals surface area contributed by atoms with Crippen molar-refractivity contribution in [2.75, 3.05) is 4.43 Å². The van der Waals surface area contributed by atoms with Crippen LogP contribution in [-0.4, -0.2) is 16.1 Å². The monoisotopic (exact) mass is 266 g/mol. The van der Waals surface area contributed by atoms with Gasteiger partial charge in [-0.15, -0.1) is 0 Å². The maximum absolute atomic E-state index is 6.05. The average molecular weight is 266 g/mol. The van der Waals surface area contributed by atoms with E-state index in [1.54, 1.807) is 0 Å².